The summed E-state index contributed by atoms with van der Waals surface area (Å²) in [6.45, 7) is 5.84. The van der Waals surface area contributed by atoms with E-state index in [2.05, 4.69) is 37.4 Å². The molecule has 0 unspecified atom stereocenters. The number of hydrogen-bond acceptors (Lipinski definition) is 2. The molecule has 1 N–H and O–H groups in total. The molecule has 0 atom stereocenters. The minimum atomic E-state index is -0.0106. The molecule has 0 saturated carbocycles. The van der Waals surface area contributed by atoms with E-state index < -0.39 is 0 Å². The van der Waals surface area contributed by atoms with Gasteiger partial charge in [0, 0.05) is 30.8 Å². The second-order valence-corrected chi connectivity index (χ2v) is 7.05. The molecule has 0 aliphatic carbocycles. The maximum absolute atomic E-state index is 12.3. The van der Waals surface area contributed by atoms with E-state index >= 15 is 0 Å². The largest absolute Gasteiger partial charge is 0.339 e. The highest BCUT2D eigenvalue weighted by Crippen LogP contribution is 2.16. The van der Waals surface area contributed by atoms with Gasteiger partial charge in [0.15, 0.2) is 0 Å². The van der Waals surface area contributed by atoms with Crippen LogP contribution < -0.4 is 5.32 Å². The normalized spacial score (nSPS) is 13.7. The van der Waals surface area contributed by atoms with Gasteiger partial charge in [0.2, 0.25) is 5.91 Å². The number of carbonyl (C=O) groups is 2. The number of rotatable bonds is 5. The van der Waals surface area contributed by atoms with E-state index in [9.17, 15) is 9.59 Å². The minimum Gasteiger partial charge on any atom is -0.339 e. The van der Waals surface area contributed by atoms with E-state index in [1.54, 1.807) is 24.3 Å². The van der Waals surface area contributed by atoms with Gasteiger partial charge in [-0.2, -0.15) is 0 Å². The number of carbonyl (C=O) groups excluding carboxylic acids is 2. The molecule has 4 nitrogen and oxygen atoms in total. The second kappa shape index (κ2) is 8.17. The third-order valence-corrected chi connectivity index (χ3v) is 4.93. The van der Waals surface area contributed by atoms with Crippen LogP contribution in [0.1, 0.15) is 46.3 Å². The molecule has 0 aromatic heterocycles. The van der Waals surface area contributed by atoms with Crippen LogP contribution in [0.4, 0.5) is 5.69 Å². The van der Waals surface area contributed by atoms with Crippen molar-refractivity contribution in [2.75, 3.05) is 18.4 Å². The van der Waals surface area contributed by atoms with Gasteiger partial charge in [-0.3, -0.25) is 9.59 Å². The van der Waals surface area contributed by atoms with Crippen molar-refractivity contribution in [3.05, 3.63) is 64.7 Å². The number of nitrogens with zero attached hydrogens (tertiary/aromatic N) is 1. The molecule has 1 heterocycles. The SMILES string of the molecule is Cc1ccc(CCC(=O)Nc2ccc(C(=O)N3CCCC3)cc2)c(C)c1. The van der Waals surface area contributed by atoms with E-state index in [4.69, 9.17) is 0 Å². The lowest BCUT2D eigenvalue weighted by Crippen LogP contribution is -2.27. The van der Waals surface area contributed by atoms with E-state index in [0.29, 0.717) is 12.0 Å². The van der Waals surface area contributed by atoms with Gasteiger partial charge < -0.3 is 10.2 Å². The van der Waals surface area contributed by atoms with Gasteiger partial charge in [0.1, 0.15) is 0 Å². The van der Waals surface area contributed by atoms with Gasteiger partial charge in [-0.05, 0) is 68.5 Å². The standard InChI is InChI=1S/C22H26N2O2/c1-16-5-6-18(17(2)15-16)9-12-21(25)23-20-10-7-19(8-11-20)22(26)24-13-3-4-14-24/h5-8,10-11,15H,3-4,9,12-14H2,1-2H3,(H,23,25). The fraction of sp³-hybridized carbons (Fsp3) is 0.364. The number of nitrogens with one attached hydrogen (secondary N) is 1. The number of benzene rings is 2. The topological polar surface area (TPSA) is 49.4 Å². The molecular formula is C22H26N2O2. The number of aryl methyl sites for hydroxylation is 3. The zero-order chi connectivity index (χ0) is 18.5. The van der Waals surface area contributed by atoms with Crippen LogP contribution in [0.5, 0.6) is 0 Å². The van der Waals surface area contributed by atoms with Crippen LogP contribution >= 0.6 is 0 Å². The van der Waals surface area contributed by atoms with Crippen molar-refractivity contribution in [2.45, 2.75) is 39.5 Å². The maximum Gasteiger partial charge on any atom is 0.253 e. The van der Waals surface area contributed by atoms with Crippen molar-refractivity contribution in [2.24, 2.45) is 0 Å². The van der Waals surface area contributed by atoms with Crippen LogP contribution in [0.25, 0.3) is 0 Å². The molecule has 2 amide bonds. The molecule has 4 heteroatoms. The minimum absolute atomic E-state index is 0.0106. The lowest BCUT2D eigenvalue weighted by molar-refractivity contribution is -0.116. The van der Waals surface area contributed by atoms with Gasteiger partial charge in [0.05, 0.1) is 0 Å². The van der Waals surface area contributed by atoms with Crippen LogP contribution in [-0.4, -0.2) is 29.8 Å². The Kier molecular flexibility index (Phi) is 5.71. The van der Waals surface area contributed by atoms with E-state index in [0.717, 1.165) is 38.0 Å². The van der Waals surface area contributed by atoms with Gasteiger partial charge >= 0.3 is 0 Å². The first kappa shape index (κ1) is 18.2. The number of likely N-dealkylation sites (tertiary alicyclic amines) is 1. The summed E-state index contributed by atoms with van der Waals surface area (Å²) in [6, 6.07) is 13.5. The molecule has 0 bridgehead atoms. The lowest BCUT2D eigenvalue weighted by atomic mass is 10.0. The first-order valence-electron chi connectivity index (χ1n) is 9.28. The Labute approximate surface area is 155 Å². The smallest absolute Gasteiger partial charge is 0.253 e. The molecule has 1 saturated heterocycles. The Balaban J connectivity index is 1.53. The van der Waals surface area contributed by atoms with Gasteiger partial charge in [0.25, 0.3) is 5.91 Å². The van der Waals surface area contributed by atoms with Crippen LogP contribution in [-0.2, 0) is 11.2 Å². The van der Waals surface area contributed by atoms with Crippen LogP contribution in [0.2, 0.25) is 0 Å². The number of amides is 2. The predicted octanol–water partition coefficient (Wildman–Crippen LogP) is 4.11. The Bertz CT molecular complexity index is 790. The molecule has 2 aromatic carbocycles. The van der Waals surface area contributed by atoms with Crippen molar-refractivity contribution in [1.82, 2.24) is 4.90 Å². The van der Waals surface area contributed by atoms with Gasteiger partial charge in [-0.1, -0.05) is 23.8 Å². The summed E-state index contributed by atoms with van der Waals surface area (Å²) >= 11 is 0. The summed E-state index contributed by atoms with van der Waals surface area (Å²) in [5.41, 5.74) is 5.08. The van der Waals surface area contributed by atoms with E-state index in [1.165, 1.54) is 16.7 Å². The fourth-order valence-electron chi connectivity index (χ4n) is 3.40. The molecular weight excluding hydrogens is 324 g/mol. The second-order valence-electron chi connectivity index (χ2n) is 7.05. The molecule has 2 aromatic rings. The van der Waals surface area contributed by atoms with Gasteiger partial charge in [-0.15, -0.1) is 0 Å². The van der Waals surface area contributed by atoms with Crippen LogP contribution in [0.3, 0.4) is 0 Å². The highest BCUT2D eigenvalue weighted by atomic mass is 16.2. The monoisotopic (exact) mass is 350 g/mol. The first-order chi connectivity index (χ1) is 12.5. The Morgan fingerprint density at radius 1 is 1.00 bits per heavy atom. The fourth-order valence-corrected chi connectivity index (χ4v) is 3.40. The van der Waals surface area contributed by atoms with E-state index in [-0.39, 0.29) is 11.8 Å². The lowest BCUT2D eigenvalue weighted by Gasteiger charge is -2.15. The highest BCUT2D eigenvalue weighted by Gasteiger charge is 2.19. The molecule has 1 aliphatic rings. The zero-order valence-corrected chi connectivity index (χ0v) is 15.5. The first-order valence-corrected chi connectivity index (χ1v) is 9.28. The molecule has 0 spiro atoms. The molecule has 1 fully saturated rings. The highest BCUT2D eigenvalue weighted by molar-refractivity contribution is 5.96. The summed E-state index contributed by atoms with van der Waals surface area (Å²) in [6.07, 6.45) is 3.34. The predicted molar refractivity (Wildman–Crippen MR) is 104 cm³/mol. The van der Waals surface area contributed by atoms with Crippen molar-refractivity contribution in [1.29, 1.82) is 0 Å². The van der Waals surface area contributed by atoms with Crippen molar-refractivity contribution >= 4 is 17.5 Å². The Morgan fingerprint density at radius 3 is 2.35 bits per heavy atom. The van der Waals surface area contributed by atoms with Crippen molar-refractivity contribution in [3.63, 3.8) is 0 Å². The molecule has 3 rings (SSSR count). The van der Waals surface area contributed by atoms with Gasteiger partial charge in [-0.25, -0.2) is 0 Å². The zero-order valence-electron chi connectivity index (χ0n) is 15.5. The molecule has 1 aliphatic heterocycles. The van der Waals surface area contributed by atoms with Crippen molar-refractivity contribution < 1.29 is 9.59 Å². The summed E-state index contributed by atoms with van der Waals surface area (Å²) in [5.74, 6) is 0.0683. The average Bonchev–Trinajstić information content (AvgIpc) is 3.16. The summed E-state index contributed by atoms with van der Waals surface area (Å²) in [7, 11) is 0. The van der Waals surface area contributed by atoms with Crippen LogP contribution in [0, 0.1) is 13.8 Å². The van der Waals surface area contributed by atoms with E-state index in [1.807, 2.05) is 4.90 Å². The van der Waals surface area contributed by atoms with Crippen molar-refractivity contribution in [3.8, 4) is 0 Å². The third kappa shape index (κ3) is 4.51. The summed E-state index contributed by atoms with van der Waals surface area (Å²) < 4.78 is 0. The quantitative estimate of drug-likeness (QED) is 0.882. The number of hydrogen-bond donors (Lipinski definition) is 1. The Morgan fingerprint density at radius 2 is 1.69 bits per heavy atom. The van der Waals surface area contributed by atoms with Crippen LogP contribution in [0.15, 0.2) is 42.5 Å². The molecule has 136 valence electrons. The summed E-state index contributed by atoms with van der Waals surface area (Å²) in [5, 5.41) is 2.91. The average molecular weight is 350 g/mol. The number of anilines is 1. The Hall–Kier alpha value is -2.62. The third-order valence-electron chi connectivity index (χ3n) is 4.93. The summed E-state index contributed by atoms with van der Waals surface area (Å²) in [4.78, 5) is 26.4. The molecule has 26 heavy (non-hydrogen) atoms. The maximum atomic E-state index is 12.3. The molecule has 0 radical (unpaired) electrons.